The fourth-order valence-electron chi connectivity index (χ4n) is 2.09. The fourth-order valence-corrected chi connectivity index (χ4v) is 2.98. The van der Waals surface area contributed by atoms with Crippen molar-refractivity contribution in [2.45, 2.75) is 13.3 Å². The van der Waals surface area contributed by atoms with Gasteiger partial charge in [0.2, 0.25) is 5.91 Å². The minimum atomic E-state index is 0.131. The van der Waals surface area contributed by atoms with Crippen molar-refractivity contribution in [3.8, 4) is 0 Å². The Morgan fingerprint density at radius 3 is 2.89 bits per heavy atom. The van der Waals surface area contributed by atoms with Crippen LogP contribution in [0.3, 0.4) is 0 Å². The maximum Gasteiger partial charge on any atom is 0.225 e. The highest BCUT2D eigenvalue weighted by Gasteiger charge is 2.09. The van der Waals surface area contributed by atoms with Crippen LogP contribution in [-0.2, 0) is 11.2 Å². The summed E-state index contributed by atoms with van der Waals surface area (Å²) in [7, 11) is 0. The summed E-state index contributed by atoms with van der Waals surface area (Å²) in [5, 5.41) is 6.31. The minimum absolute atomic E-state index is 0.131. The van der Waals surface area contributed by atoms with Crippen LogP contribution in [0.4, 0.5) is 0 Å². The predicted octanol–water partition coefficient (Wildman–Crippen LogP) is 0.620. The summed E-state index contributed by atoms with van der Waals surface area (Å²) in [4.78, 5) is 16.5. The van der Waals surface area contributed by atoms with Gasteiger partial charge < -0.3 is 10.6 Å². The number of hydrogen-bond acceptors (Lipinski definition) is 4. The molecule has 1 aromatic heterocycles. The van der Waals surface area contributed by atoms with Crippen LogP contribution in [0.15, 0.2) is 12.1 Å². The molecule has 0 bridgehead atoms. The van der Waals surface area contributed by atoms with Gasteiger partial charge in [-0.2, -0.15) is 0 Å². The van der Waals surface area contributed by atoms with Gasteiger partial charge in [-0.05, 0) is 19.1 Å². The van der Waals surface area contributed by atoms with Crippen molar-refractivity contribution in [2.75, 3.05) is 39.3 Å². The number of carbonyl (C=O) groups excluding carboxylic acids is 1. The van der Waals surface area contributed by atoms with E-state index >= 15 is 0 Å². The summed E-state index contributed by atoms with van der Waals surface area (Å²) in [6.07, 6.45) is 0.514. The zero-order chi connectivity index (χ0) is 12.8. The van der Waals surface area contributed by atoms with Crippen LogP contribution in [0, 0.1) is 6.92 Å². The van der Waals surface area contributed by atoms with Crippen LogP contribution in [0.5, 0.6) is 0 Å². The van der Waals surface area contributed by atoms with Crippen molar-refractivity contribution in [3.63, 3.8) is 0 Å². The summed E-state index contributed by atoms with van der Waals surface area (Å²) in [6.45, 7) is 8.06. The Labute approximate surface area is 112 Å². The van der Waals surface area contributed by atoms with Gasteiger partial charge in [0.05, 0.1) is 6.42 Å². The van der Waals surface area contributed by atoms with Crippen LogP contribution < -0.4 is 10.6 Å². The molecule has 2 N–H and O–H groups in total. The summed E-state index contributed by atoms with van der Waals surface area (Å²) < 4.78 is 0. The molecule has 0 saturated carbocycles. The molecule has 18 heavy (non-hydrogen) atoms. The van der Waals surface area contributed by atoms with E-state index < -0.39 is 0 Å². The SMILES string of the molecule is Cc1ccc(CC(=O)NCCN2CCNCC2)s1. The monoisotopic (exact) mass is 267 g/mol. The summed E-state index contributed by atoms with van der Waals surface area (Å²) in [5.41, 5.74) is 0. The maximum absolute atomic E-state index is 11.7. The van der Waals surface area contributed by atoms with Crippen LogP contribution in [0.2, 0.25) is 0 Å². The second kappa shape index (κ2) is 6.87. The number of hydrogen-bond donors (Lipinski definition) is 2. The van der Waals surface area contributed by atoms with E-state index in [0.29, 0.717) is 6.42 Å². The van der Waals surface area contributed by atoms with Crippen molar-refractivity contribution in [3.05, 3.63) is 21.9 Å². The Morgan fingerprint density at radius 2 is 2.22 bits per heavy atom. The predicted molar refractivity (Wildman–Crippen MR) is 75.1 cm³/mol. The number of rotatable bonds is 5. The molecule has 2 heterocycles. The molecule has 0 atom stereocenters. The topological polar surface area (TPSA) is 44.4 Å². The second-order valence-corrected chi connectivity index (χ2v) is 6.00. The molecular weight excluding hydrogens is 246 g/mol. The molecule has 4 nitrogen and oxygen atoms in total. The number of nitrogens with one attached hydrogen (secondary N) is 2. The zero-order valence-electron chi connectivity index (χ0n) is 10.9. The Bertz CT molecular complexity index is 385. The van der Waals surface area contributed by atoms with E-state index in [4.69, 9.17) is 0 Å². The van der Waals surface area contributed by atoms with Gasteiger partial charge in [-0.25, -0.2) is 0 Å². The van der Waals surface area contributed by atoms with E-state index in [9.17, 15) is 4.79 Å². The average molecular weight is 267 g/mol. The van der Waals surface area contributed by atoms with Crippen LogP contribution in [0.25, 0.3) is 0 Å². The van der Waals surface area contributed by atoms with Crippen LogP contribution in [0.1, 0.15) is 9.75 Å². The molecule has 1 aliphatic heterocycles. The second-order valence-electron chi connectivity index (χ2n) is 4.63. The van der Waals surface area contributed by atoms with Gasteiger partial charge in [-0.15, -0.1) is 11.3 Å². The fraction of sp³-hybridized carbons (Fsp3) is 0.615. The van der Waals surface area contributed by atoms with Gasteiger partial charge >= 0.3 is 0 Å². The van der Waals surface area contributed by atoms with Gasteiger partial charge in [0, 0.05) is 49.0 Å². The smallest absolute Gasteiger partial charge is 0.225 e. The molecular formula is C13H21N3OS. The highest BCUT2D eigenvalue weighted by atomic mass is 32.1. The lowest BCUT2D eigenvalue weighted by Crippen LogP contribution is -2.46. The average Bonchev–Trinajstić information content (AvgIpc) is 2.76. The highest BCUT2D eigenvalue weighted by Crippen LogP contribution is 2.15. The first-order valence-electron chi connectivity index (χ1n) is 6.49. The first-order valence-corrected chi connectivity index (χ1v) is 7.31. The molecule has 1 fully saturated rings. The van der Waals surface area contributed by atoms with E-state index in [1.165, 1.54) is 4.88 Å². The number of carbonyl (C=O) groups is 1. The third kappa shape index (κ3) is 4.40. The van der Waals surface area contributed by atoms with Crippen molar-refractivity contribution >= 4 is 17.2 Å². The minimum Gasteiger partial charge on any atom is -0.355 e. The van der Waals surface area contributed by atoms with Gasteiger partial charge in [-0.3, -0.25) is 9.69 Å². The number of thiophene rings is 1. The number of piperazine rings is 1. The Balaban J connectivity index is 1.62. The molecule has 0 radical (unpaired) electrons. The third-order valence-corrected chi connectivity index (χ3v) is 4.09. The number of amides is 1. The highest BCUT2D eigenvalue weighted by molar-refractivity contribution is 7.12. The maximum atomic E-state index is 11.7. The normalized spacial score (nSPS) is 16.7. The lowest BCUT2D eigenvalue weighted by atomic mass is 10.3. The summed E-state index contributed by atoms with van der Waals surface area (Å²) in [5.74, 6) is 0.131. The molecule has 5 heteroatoms. The Kier molecular flexibility index (Phi) is 5.16. The number of nitrogens with zero attached hydrogens (tertiary/aromatic N) is 1. The van der Waals surface area contributed by atoms with E-state index in [0.717, 1.165) is 44.1 Å². The molecule has 1 aromatic rings. The quantitative estimate of drug-likeness (QED) is 0.822. The zero-order valence-corrected chi connectivity index (χ0v) is 11.7. The van der Waals surface area contributed by atoms with Gasteiger partial charge in [0.15, 0.2) is 0 Å². The third-order valence-electron chi connectivity index (χ3n) is 3.09. The first kappa shape index (κ1) is 13.5. The first-order chi connectivity index (χ1) is 8.74. The summed E-state index contributed by atoms with van der Waals surface area (Å²) >= 11 is 1.70. The molecule has 1 aliphatic rings. The largest absolute Gasteiger partial charge is 0.355 e. The van der Waals surface area contributed by atoms with Crippen molar-refractivity contribution in [2.24, 2.45) is 0 Å². The van der Waals surface area contributed by atoms with E-state index in [-0.39, 0.29) is 5.91 Å². The lowest BCUT2D eigenvalue weighted by molar-refractivity contribution is -0.120. The van der Waals surface area contributed by atoms with Crippen molar-refractivity contribution in [1.29, 1.82) is 0 Å². The number of aryl methyl sites for hydroxylation is 1. The standard InChI is InChI=1S/C13H21N3OS/c1-11-2-3-12(18-11)10-13(17)15-6-9-16-7-4-14-5-8-16/h2-3,14H,4-10H2,1H3,(H,15,17). The molecule has 1 saturated heterocycles. The molecule has 2 rings (SSSR count). The van der Waals surface area contributed by atoms with Crippen molar-refractivity contribution in [1.82, 2.24) is 15.5 Å². The Morgan fingerprint density at radius 1 is 1.44 bits per heavy atom. The molecule has 0 aliphatic carbocycles. The van der Waals surface area contributed by atoms with E-state index in [1.54, 1.807) is 11.3 Å². The van der Waals surface area contributed by atoms with Crippen molar-refractivity contribution < 1.29 is 4.79 Å². The molecule has 0 spiro atoms. The lowest BCUT2D eigenvalue weighted by Gasteiger charge is -2.27. The molecule has 0 unspecified atom stereocenters. The molecule has 0 aromatic carbocycles. The van der Waals surface area contributed by atoms with E-state index in [2.05, 4.69) is 28.5 Å². The van der Waals surface area contributed by atoms with Gasteiger partial charge in [-0.1, -0.05) is 0 Å². The molecule has 1 amide bonds. The Hall–Kier alpha value is -0.910. The van der Waals surface area contributed by atoms with E-state index in [1.807, 2.05) is 6.07 Å². The van der Waals surface area contributed by atoms with Crippen LogP contribution >= 0.6 is 11.3 Å². The summed E-state index contributed by atoms with van der Waals surface area (Å²) in [6, 6.07) is 4.10. The molecule has 100 valence electrons. The van der Waals surface area contributed by atoms with Gasteiger partial charge in [0.1, 0.15) is 0 Å². The van der Waals surface area contributed by atoms with Crippen LogP contribution in [-0.4, -0.2) is 50.1 Å². The van der Waals surface area contributed by atoms with Gasteiger partial charge in [0.25, 0.3) is 0 Å².